The smallest absolute Gasteiger partial charge is 0.256 e. The molecule has 58 heavy (non-hydrogen) atoms. The molecule has 0 spiro atoms. The van der Waals surface area contributed by atoms with E-state index in [0.29, 0.717) is 28.2 Å². The summed E-state index contributed by atoms with van der Waals surface area (Å²) in [7, 11) is 0.976. The number of carbonyl (C=O) groups is 1. The number of nitrogens with zero attached hydrogens (tertiary/aromatic N) is 4. The number of carbonyl (C=O) groups excluding carboxylic acids is 1. The highest BCUT2D eigenvalue weighted by Gasteiger charge is 2.41. The van der Waals surface area contributed by atoms with Crippen molar-refractivity contribution >= 4 is 31.2 Å². The Bertz CT molecular complexity index is 2200. The average molecular weight is 804 g/mol. The van der Waals surface area contributed by atoms with Gasteiger partial charge in [0.25, 0.3) is 5.91 Å². The monoisotopic (exact) mass is 803 g/mol. The van der Waals surface area contributed by atoms with Crippen molar-refractivity contribution in [3.8, 4) is 11.5 Å². The van der Waals surface area contributed by atoms with Crippen molar-refractivity contribution < 1.29 is 33.3 Å². The van der Waals surface area contributed by atoms with Crippen LogP contribution in [-0.4, -0.2) is 78.5 Å². The number of benzene rings is 4. The second-order valence-electron chi connectivity index (χ2n) is 15.6. The van der Waals surface area contributed by atoms with Crippen LogP contribution >= 0.6 is 0 Å². The Labute approximate surface area is 341 Å². The first-order chi connectivity index (χ1) is 27.8. The van der Waals surface area contributed by atoms with Crippen molar-refractivity contribution in [2.24, 2.45) is 0 Å². The first kappa shape index (κ1) is 42.2. The minimum absolute atomic E-state index is 0.0464. The number of ether oxygens (including phenoxy) is 4. The molecule has 0 fully saturated rings. The number of fused-ring (bicyclic) bond motifs is 1. The Balaban J connectivity index is 1.41. The normalized spacial score (nSPS) is 13.8. The number of hydrogen-bond acceptors (Lipinski definition) is 10. The summed E-state index contributed by atoms with van der Waals surface area (Å²) in [6, 6.07) is 34.6. The van der Waals surface area contributed by atoms with Gasteiger partial charge in [-0.25, -0.2) is 15.0 Å². The Morgan fingerprint density at radius 3 is 1.86 bits per heavy atom. The van der Waals surface area contributed by atoms with Crippen molar-refractivity contribution in [2.45, 2.75) is 69.9 Å². The standard InChI is InChI=1S/C45H53N5O7Si/c1-31(51)43(50-30-48-39-40(46-29-47-41(39)50)49-42(52)32-15-11-9-12-16-32)57-38(28-56-58(7,8)44(2,3)4)27-55-45(33-17-13-10-14-18-33,34-19-23-36(53-5)24-20-34)35-21-25-37(54-6)26-22-35/h9-26,29-31,38,43,51H,27-28H2,1-8H3,(H,46,47,49,52)/t31-,38+,43+/m0/s1. The van der Waals surface area contributed by atoms with Gasteiger partial charge >= 0.3 is 0 Å². The molecule has 0 saturated heterocycles. The number of amides is 1. The summed E-state index contributed by atoms with van der Waals surface area (Å²) in [6.45, 7) is 12.8. The SMILES string of the molecule is COc1ccc(C(OC[C@H](CO[Si](C)(C)C(C)(C)C)O[C@H]([C@H](C)O)n2cnc3c(NC(=O)c4ccccc4)ncnc32)(c2ccccc2)c2ccc(OC)cc2)cc1. The number of anilines is 1. The van der Waals surface area contributed by atoms with Crippen LogP contribution in [0.4, 0.5) is 5.82 Å². The molecular formula is C45H53N5O7Si. The third-order valence-corrected chi connectivity index (χ3v) is 15.2. The van der Waals surface area contributed by atoms with Crippen molar-refractivity contribution in [1.29, 1.82) is 0 Å². The Morgan fingerprint density at radius 2 is 1.33 bits per heavy atom. The topological polar surface area (TPSA) is 139 Å². The molecule has 2 N–H and O–H groups in total. The van der Waals surface area contributed by atoms with E-state index in [2.05, 4.69) is 54.1 Å². The van der Waals surface area contributed by atoms with Gasteiger partial charge in [0.2, 0.25) is 0 Å². The maximum atomic E-state index is 13.1. The fourth-order valence-electron chi connectivity index (χ4n) is 6.44. The molecule has 0 unspecified atom stereocenters. The molecule has 304 valence electrons. The first-order valence-electron chi connectivity index (χ1n) is 19.3. The van der Waals surface area contributed by atoms with Gasteiger partial charge in [-0.3, -0.25) is 9.36 Å². The summed E-state index contributed by atoms with van der Waals surface area (Å²) >= 11 is 0. The van der Waals surface area contributed by atoms with E-state index in [1.807, 2.05) is 84.9 Å². The van der Waals surface area contributed by atoms with E-state index in [4.69, 9.17) is 23.4 Å². The number of nitrogens with one attached hydrogen (secondary N) is 1. The largest absolute Gasteiger partial charge is 0.497 e. The number of aromatic nitrogens is 4. The average Bonchev–Trinajstić information content (AvgIpc) is 3.67. The van der Waals surface area contributed by atoms with Gasteiger partial charge in [0.15, 0.2) is 31.5 Å². The first-order valence-corrected chi connectivity index (χ1v) is 22.2. The van der Waals surface area contributed by atoms with E-state index in [1.165, 1.54) is 12.7 Å². The molecule has 1 amide bonds. The quantitative estimate of drug-likeness (QED) is 0.0683. The molecule has 6 aromatic rings. The fraction of sp³-hybridized carbons (Fsp3) is 0.333. The highest BCUT2D eigenvalue weighted by molar-refractivity contribution is 6.74. The lowest BCUT2D eigenvalue weighted by Crippen LogP contribution is -2.45. The van der Waals surface area contributed by atoms with Crippen LogP contribution in [0, 0.1) is 0 Å². The molecule has 12 nitrogen and oxygen atoms in total. The zero-order valence-corrected chi connectivity index (χ0v) is 35.4. The minimum Gasteiger partial charge on any atom is -0.497 e. The number of rotatable bonds is 17. The van der Waals surface area contributed by atoms with E-state index in [9.17, 15) is 9.90 Å². The lowest BCUT2D eigenvalue weighted by atomic mass is 9.80. The summed E-state index contributed by atoms with van der Waals surface area (Å²) in [5.74, 6) is 1.32. The summed E-state index contributed by atoms with van der Waals surface area (Å²) in [4.78, 5) is 26.5. The van der Waals surface area contributed by atoms with Gasteiger partial charge in [-0.15, -0.1) is 0 Å². The van der Waals surface area contributed by atoms with Gasteiger partial charge in [0.1, 0.15) is 29.5 Å². The molecule has 0 aliphatic heterocycles. The van der Waals surface area contributed by atoms with E-state index >= 15 is 0 Å². The second kappa shape index (κ2) is 18.0. The third kappa shape index (κ3) is 9.14. The Morgan fingerprint density at radius 1 is 0.776 bits per heavy atom. The van der Waals surface area contributed by atoms with Crippen molar-refractivity contribution in [3.05, 3.63) is 144 Å². The second-order valence-corrected chi connectivity index (χ2v) is 20.5. The van der Waals surface area contributed by atoms with Crippen molar-refractivity contribution in [2.75, 3.05) is 32.8 Å². The lowest BCUT2D eigenvalue weighted by molar-refractivity contribution is -0.152. The summed E-state index contributed by atoms with van der Waals surface area (Å²) in [5.41, 5.74) is 2.67. The van der Waals surface area contributed by atoms with E-state index in [1.54, 1.807) is 50.0 Å². The van der Waals surface area contributed by atoms with Gasteiger partial charge in [-0.2, -0.15) is 0 Å². The summed E-state index contributed by atoms with van der Waals surface area (Å²) < 4.78 is 33.7. The van der Waals surface area contributed by atoms with Crippen LogP contribution in [0.1, 0.15) is 61.0 Å². The molecule has 2 aromatic heterocycles. The lowest BCUT2D eigenvalue weighted by Gasteiger charge is -2.40. The molecule has 0 radical (unpaired) electrons. The van der Waals surface area contributed by atoms with Gasteiger partial charge < -0.3 is 33.8 Å². The van der Waals surface area contributed by atoms with Crippen LogP contribution < -0.4 is 14.8 Å². The van der Waals surface area contributed by atoms with Gasteiger partial charge in [0.05, 0.1) is 39.9 Å². The van der Waals surface area contributed by atoms with Crippen molar-refractivity contribution in [1.82, 2.24) is 19.5 Å². The van der Waals surface area contributed by atoms with Gasteiger partial charge in [-0.1, -0.05) is 93.6 Å². The highest BCUT2D eigenvalue weighted by Crippen LogP contribution is 2.43. The van der Waals surface area contributed by atoms with E-state index < -0.39 is 32.4 Å². The minimum atomic E-state index is -2.30. The van der Waals surface area contributed by atoms with Crippen LogP contribution in [-0.2, 0) is 19.5 Å². The maximum Gasteiger partial charge on any atom is 0.256 e. The molecule has 2 heterocycles. The Hall–Kier alpha value is -5.44. The molecule has 0 saturated carbocycles. The molecule has 0 aliphatic carbocycles. The molecule has 6 rings (SSSR count). The molecule has 0 bridgehead atoms. The number of aliphatic hydroxyl groups excluding tert-OH is 1. The zero-order chi connectivity index (χ0) is 41.5. The van der Waals surface area contributed by atoms with Gasteiger partial charge in [-0.05, 0) is 78.1 Å². The van der Waals surface area contributed by atoms with Gasteiger partial charge in [0, 0.05) is 5.56 Å². The number of hydrogen-bond donors (Lipinski definition) is 2. The number of methoxy groups -OCH3 is 2. The molecule has 4 aromatic carbocycles. The van der Waals surface area contributed by atoms with Crippen LogP contribution in [0.2, 0.25) is 18.1 Å². The summed E-state index contributed by atoms with van der Waals surface area (Å²) in [6.07, 6.45) is 0.156. The molecule has 13 heteroatoms. The number of aliphatic hydroxyl groups is 1. The van der Waals surface area contributed by atoms with Crippen LogP contribution in [0.15, 0.2) is 122 Å². The fourth-order valence-corrected chi connectivity index (χ4v) is 7.48. The molecule has 3 atom stereocenters. The summed E-state index contributed by atoms with van der Waals surface area (Å²) in [5, 5.41) is 14.2. The predicted molar refractivity (Wildman–Crippen MR) is 227 cm³/mol. The Kier molecular flexibility index (Phi) is 13.1. The van der Waals surface area contributed by atoms with E-state index in [-0.39, 0.29) is 30.0 Å². The van der Waals surface area contributed by atoms with Crippen LogP contribution in [0.5, 0.6) is 11.5 Å². The molecular weight excluding hydrogens is 751 g/mol. The van der Waals surface area contributed by atoms with Crippen molar-refractivity contribution in [3.63, 3.8) is 0 Å². The molecule has 0 aliphatic rings. The van der Waals surface area contributed by atoms with Crippen LogP contribution in [0.25, 0.3) is 11.2 Å². The third-order valence-electron chi connectivity index (χ3n) is 10.7. The zero-order valence-electron chi connectivity index (χ0n) is 34.4. The van der Waals surface area contributed by atoms with E-state index in [0.717, 1.165) is 16.7 Å². The highest BCUT2D eigenvalue weighted by atomic mass is 28.4. The predicted octanol–water partition coefficient (Wildman–Crippen LogP) is 8.39. The number of imidazole rings is 1. The van der Waals surface area contributed by atoms with Crippen LogP contribution in [0.3, 0.4) is 0 Å². The maximum absolute atomic E-state index is 13.1.